The van der Waals surface area contributed by atoms with Crippen LogP contribution < -0.4 is 14.9 Å². The van der Waals surface area contributed by atoms with Gasteiger partial charge in [-0.15, -0.1) is 0 Å². The zero-order valence-corrected chi connectivity index (χ0v) is 23.2. The molecule has 1 atom stereocenters. The van der Waals surface area contributed by atoms with Crippen molar-refractivity contribution in [3.63, 3.8) is 0 Å². The number of rotatable bonds is 6. The highest BCUT2D eigenvalue weighted by atomic mass is 15.0. The van der Waals surface area contributed by atoms with Crippen molar-refractivity contribution in [2.24, 2.45) is 0 Å². The fourth-order valence-electron chi connectivity index (χ4n) is 5.69. The maximum Gasteiger partial charge on any atom is 0.218 e. The molecular formula is C38H35N2+. The standard InChI is InChI=1S/C38H35N2/c1-27(2)28-23-25-31(26-24-28)39-38(35-19-10-9-18-33(35)29-13-5-4-6-14-29)37-22-12-21-36(40(37)3)34-20-11-16-30-15-7-8-17-32(30)34/h4-15,17-27,38-39H,3,16H2,1-2H3/q+1/b36-34+. The predicted octanol–water partition coefficient (Wildman–Crippen LogP) is 7.92. The first-order chi connectivity index (χ1) is 19.6. The van der Waals surface area contributed by atoms with E-state index in [4.69, 9.17) is 0 Å². The van der Waals surface area contributed by atoms with Gasteiger partial charge in [-0.25, -0.2) is 0 Å². The maximum atomic E-state index is 4.62. The highest BCUT2D eigenvalue weighted by Gasteiger charge is 2.25. The Labute approximate surface area is 237 Å². The summed E-state index contributed by atoms with van der Waals surface area (Å²) in [6.07, 6.45) is 5.45. The van der Waals surface area contributed by atoms with Crippen LogP contribution in [0.3, 0.4) is 0 Å². The second kappa shape index (κ2) is 11.2. The van der Waals surface area contributed by atoms with E-state index in [2.05, 4.69) is 164 Å². The van der Waals surface area contributed by atoms with Gasteiger partial charge in [-0.3, -0.25) is 0 Å². The van der Waals surface area contributed by atoms with Crippen LogP contribution in [-0.4, -0.2) is 0 Å². The van der Waals surface area contributed by atoms with Gasteiger partial charge in [-0.05, 0) is 63.9 Å². The summed E-state index contributed by atoms with van der Waals surface area (Å²) in [5, 5.41) is 4.99. The zero-order valence-electron chi connectivity index (χ0n) is 23.2. The summed E-state index contributed by atoms with van der Waals surface area (Å²) in [7, 11) is 0. The van der Waals surface area contributed by atoms with Crippen molar-refractivity contribution in [1.29, 1.82) is 0 Å². The summed E-state index contributed by atoms with van der Waals surface area (Å²) in [6, 6.07) is 43.3. The fourth-order valence-corrected chi connectivity index (χ4v) is 5.69. The first kappa shape index (κ1) is 25.6. The van der Waals surface area contributed by atoms with E-state index < -0.39 is 0 Å². The van der Waals surface area contributed by atoms with E-state index in [1.54, 1.807) is 0 Å². The second-order valence-electron chi connectivity index (χ2n) is 10.7. The molecule has 196 valence electrons. The molecule has 0 spiro atoms. The van der Waals surface area contributed by atoms with Gasteiger partial charge in [0.2, 0.25) is 11.0 Å². The van der Waals surface area contributed by atoms with Gasteiger partial charge in [0.05, 0.1) is 5.57 Å². The number of nitrogens with zero attached hydrogens (tertiary/aromatic N) is 1. The lowest BCUT2D eigenvalue weighted by Crippen LogP contribution is -2.43. The molecule has 6 rings (SSSR count). The smallest absolute Gasteiger partial charge is 0.218 e. The van der Waals surface area contributed by atoms with E-state index in [0.717, 1.165) is 23.2 Å². The minimum atomic E-state index is -0.123. The number of aromatic nitrogens is 1. The molecule has 0 radical (unpaired) electrons. The van der Waals surface area contributed by atoms with E-state index >= 15 is 0 Å². The molecule has 0 saturated heterocycles. The third-order valence-corrected chi connectivity index (χ3v) is 7.87. The van der Waals surface area contributed by atoms with Crippen LogP contribution in [0.5, 0.6) is 0 Å². The van der Waals surface area contributed by atoms with Crippen LogP contribution in [0.4, 0.5) is 5.69 Å². The van der Waals surface area contributed by atoms with Crippen molar-refractivity contribution in [3.05, 3.63) is 173 Å². The van der Waals surface area contributed by atoms with Crippen LogP contribution >= 0.6 is 0 Å². The second-order valence-corrected chi connectivity index (χ2v) is 10.7. The van der Waals surface area contributed by atoms with E-state index in [1.165, 1.54) is 39.0 Å². The minimum Gasteiger partial charge on any atom is -0.369 e. The lowest BCUT2D eigenvalue weighted by Gasteiger charge is -2.21. The Morgan fingerprint density at radius 3 is 2.17 bits per heavy atom. The van der Waals surface area contributed by atoms with Gasteiger partial charge in [0.25, 0.3) is 0 Å². The van der Waals surface area contributed by atoms with Crippen LogP contribution in [0.1, 0.15) is 53.8 Å². The summed E-state index contributed by atoms with van der Waals surface area (Å²) in [5.74, 6) is 0.491. The van der Waals surface area contributed by atoms with Gasteiger partial charge in [0.1, 0.15) is 12.8 Å². The number of hydrogen-bond donors (Lipinski definition) is 1. The Kier molecular flexibility index (Phi) is 7.16. The summed E-state index contributed by atoms with van der Waals surface area (Å²) in [4.78, 5) is 0. The van der Waals surface area contributed by atoms with E-state index in [0.29, 0.717) is 5.92 Å². The molecule has 0 saturated carbocycles. The van der Waals surface area contributed by atoms with Crippen molar-refractivity contribution in [2.75, 3.05) is 5.32 Å². The molecule has 0 amide bonds. The molecule has 1 unspecified atom stereocenters. The van der Waals surface area contributed by atoms with Crippen LogP contribution in [0, 0.1) is 6.72 Å². The van der Waals surface area contributed by atoms with Crippen LogP contribution in [0.25, 0.3) is 16.7 Å². The number of pyridine rings is 1. The van der Waals surface area contributed by atoms with E-state index in [1.807, 2.05) is 0 Å². The number of hydrogen-bond acceptors (Lipinski definition) is 1. The molecule has 0 fully saturated rings. The highest BCUT2D eigenvalue weighted by molar-refractivity contribution is 5.76. The molecule has 0 bridgehead atoms. The molecule has 0 aliphatic heterocycles. The van der Waals surface area contributed by atoms with Crippen LogP contribution in [0.15, 0.2) is 133 Å². The molecule has 2 heteroatoms. The number of allylic oxidation sites excluding steroid dienone is 2. The summed E-state index contributed by atoms with van der Waals surface area (Å²) in [6.45, 7) is 9.08. The quantitative estimate of drug-likeness (QED) is 0.226. The molecule has 1 aromatic heterocycles. The molecule has 2 nitrogen and oxygen atoms in total. The molecule has 1 aliphatic rings. The average molecular weight is 520 g/mol. The largest absolute Gasteiger partial charge is 0.369 e. The lowest BCUT2D eigenvalue weighted by atomic mass is 9.91. The number of benzene rings is 4. The summed E-state index contributed by atoms with van der Waals surface area (Å²) < 4.78 is 2.11. The molecule has 1 aliphatic carbocycles. The van der Waals surface area contributed by atoms with Crippen molar-refractivity contribution in [3.8, 4) is 11.1 Å². The van der Waals surface area contributed by atoms with Crippen molar-refractivity contribution in [2.45, 2.75) is 32.2 Å². The van der Waals surface area contributed by atoms with Crippen LogP contribution in [-0.2, 0) is 6.42 Å². The Morgan fingerprint density at radius 2 is 1.40 bits per heavy atom. The molecular weight excluding hydrogens is 484 g/mol. The molecule has 40 heavy (non-hydrogen) atoms. The number of anilines is 1. The Balaban J connectivity index is 1.55. The van der Waals surface area contributed by atoms with Crippen LogP contribution in [0.2, 0.25) is 0 Å². The van der Waals surface area contributed by atoms with Crippen molar-refractivity contribution in [1.82, 2.24) is 0 Å². The minimum absolute atomic E-state index is 0.123. The molecule has 1 N–H and O–H groups in total. The third kappa shape index (κ3) is 5.01. The molecule has 5 aromatic rings. The van der Waals surface area contributed by atoms with E-state index in [-0.39, 0.29) is 6.04 Å². The predicted molar refractivity (Wildman–Crippen MR) is 167 cm³/mol. The normalized spacial score (nSPS) is 14.6. The Bertz CT molecular complexity index is 1780. The maximum absolute atomic E-state index is 4.62. The highest BCUT2D eigenvalue weighted by Crippen LogP contribution is 2.33. The lowest BCUT2D eigenvalue weighted by molar-refractivity contribution is -0.524. The monoisotopic (exact) mass is 519 g/mol. The van der Waals surface area contributed by atoms with Crippen molar-refractivity contribution >= 4 is 11.3 Å². The zero-order chi connectivity index (χ0) is 27.5. The first-order valence-corrected chi connectivity index (χ1v) is 14.1. The first-order valence-electron chi connectivity index (χ1n) is 14.1. The average Bonchev–Trinajstić information content (AvgIpc) is 3.01. The van der Waals surface area contributed by atoms with Gasteiger partial charge in [0.15, 0.2) is 0 Å². The van der Waals surface area contributed by atoms with E-state index in [9.17, 15) is 0 Å². The van der Waals surface area contributed by atoms with Gasteiger partial charge >= 0.3 is 0 Å². The van der Waals surface area contributed by atoms with Gasteiger partial charge in [0, 0.05) is 17.8 Å². The topological polar surface area (TPSA) is 17.9 Å². The summed E-state index contributed by atoms with van der Waals surface area (Å²) >= 11 is 0. The molecule has 4 aromatic carbocycles. The third-order valence-electron chi connectivity index (χ3n) is 7.87. The fraction of sp³-hybridized carbons (Fsp3) is 0.132. The number of nitrogens with one attached hydrogen (secondary N) is 1. The summed E-state index contributed by atoms with van der Waals surface area (Å²) in [5.41, 5.74) is 11.0. The Morgan fingerprint density at radius 1 is 0.700 bits per heavy atom. The van der Waals surface area contributed by atoms with Crippen molar-refractivity contribution < 1.29 is 4.24 Å². The Hall–Kier alpha value is -4.69. The SMILES string of the molecule is C=[n+]1c(C(Nc2ccc(C(C)C)cc2)c2ccccc2-c2ccccc2)ccc/c1=C1/C=CCc2ccccc21. The molecule has 1 heterocycles. The van der Waals surface area contributed by atoms with Gasteiger partial charge in [-0.2, -0.15) is 4.24 Å². The number of fused-ring (bicyclic) bond motifs is 1. The van der Waals surface area contributed by atoms with Gasteiger partial charge in [-0.1, -0.05) is 117 Å². The van der Waals surface area contributed by atoms with Gasteiger partial charge < -0.3 is 5.32 Å².